The van der Waals surface area contributed by atoms with Crippen LogP contribution in [0.15, 0.2) is 18.2 Å². The van der Waals surface area contributed by atoms with Gasteiger partial charge in [0.05, 0.1) is 25.4 Å². The maximum Gasteiger partial charge on any atom is 0.255 e. The summed E-state index contributed by atoms with van der Waals surface area (Å²) in [6, 6.07) is 4.98. The Balaban J connectivity index is 1.77. The Labute approximate surface area is 130 Å². The van der Waals surface area contributed by atoms with Crippen LogP contribution in [0.2, 0.25) is 5.02 Å². The number of nitrogens with one attached hydrogen (secondary N) is 2. The maximum absolute atomic E-state index is 12.1. The molecule has 21 heavy (non-hydrogen) atoms. The van der Waals surface area contributed by atoms with E-state index in [1.807, 2.05) is 0 Å². The molecular weight excluding hydrogens is 292 g/mol. The fourth-order valence-corrected chi connectivity index (χ4v) is 2.48. The van der Waals surface area contributed by atoms with Gasteiger partial charge in [0.1, 0.15) is 5.75 Å². The average molecular weight is 313 g/mol. The van der Waals surface area contributed by atoms with Gasteiger partial charge in [-0.25, -0.2) is 0 Å². The third-order valence-corrected chi connectivity index (χ3v) is 3.67. The summed E-state index contributed by atoms with van der Waals surface area (Å²) >= 11 is 5.91. The van der Waals surface area contributed by atoms with Gasteiger partial charge in [-0.2, -0.15) is 0 Å². The summed E-state index contributed by atoms with van der Waals surface area (Å²) in [5.41, 5.74) is 0.437. The topological polar surface area (TPSA) is 59.6 Å². The molecule has 6 heteroatoms. The van der Waals surface area contributed by atoms with Crippen molar-refractivity contribution in [1.82, 2.24) is 10.6 Å². The van der Waals surface area contributed by atoms with Crippen molar-refractivity contribution in [3.05, 3.63) is 28.8 Å². The Morgan fingerprint density at radius 3 is 2.90 bits per heavy atom. The Kier molecular flexibility index (Phi) is 6.29. The molecule has 2 N–H and O–H groups in total. The number of hydrogen-bond donors (Lipinski definition) is 2. The summed E-state index contributed by atoms with van der Waals surface area (Å²) in [5.74, 6) is 0.305. The van der Waals surface area contributed by atoms with Gasteiger partial charge < -0.3 is 20.1 Å². The van der Waals surface area contributed by atoms with Crippen molar-refractivity contribution in [2.75, 3.05) is 33.4 Å². The van der Waals surface area contributed by atoms with E-state index < -0.39 is 0 Å². The van der Waals surface area contributed by atoms with Gasteiger partial charge >= 0.3 is 0 Å². The molecule has 0 saturated carbocycles. The van der Waals surface area contributed by atoms with Crippen molar-refractivity contribution in [3.63, 3.8) is 0 Å². The maximum atomic E-state index is 12.1. The van der Waals surface area contributed by atoms with Crippen molar-refractivity contribution in [2.24, 2.45) is 0 Å². The highest BCUT2D eigenvalue weighted by Gasteiger charge is 2.14. The van der Waals surface area contributed by atoms with E-state index >= 15 is 0 Å². The SMILES string of the molecule is COc1ccc(Cl)cc1C(=O)NCCOC1CCNCC1. The van der Waals surface area contributed by atoms with Crippen molar-refractivity contribution >= 4 is 17.5 Å². The van der Waals surface area contributed by atoms with E-state index in [9.17, 15) is 4.79 Å². The molecule has 1 fully saturated rings. The van der Waals surface area contributed by atoms with E-state index in [1.54, 1.807) is 18.2 Å². The van der Waals surface area contributed by atoms with Gasteiger partial charge in [-0.1, -0.05) is 11.6 Å². The molecule has 116 valence electrons. The zero-order valence-corrected chi connectivity index (χ0v) is 12.9. The van der Waals surface area contributed by atoms with Gasteiger partial charge in [0.15, 0.2) is 0 Å². The Bertz CT molecular complexity index is 476. The molecule has 2 rings (SSSR count). The van der Waals surface area contributed by atoms with Crippen LogP contribution >= 0.6 is 11.6 Å². The molecule has 0 aromatic heterocycles. The highest BCUT2D eigenvalue weighted by molar-refractivity contribution is 6.31. The van der Waals surface area contributed by atoms with Crippen molar-refractivity contribution in [1.29, 1.82) is 0 Å². The number of ether oxygens (including phenoxy) is 2. The Morgan fingerprint density at radius 1 is 1.43 bits per heavy atom. The molecule has 1 aromatic rings. The summed E-state index contributed by atoms with van der Waals surface area (Å²) in [5, 5.41) is 6.62. The number of methoxy groups -OCH3 is 1. The van der Waals surface area contributed by atoms with Crippen LogP contribution in [0.25, 0.3) is 0 Å². The first kappa shape index (κ1) is 16.1. The second-order valence-corrected chi connectivity index (χ2v) is 5.36. The predicted octanol–water partition coefficient (Wildman–Crippen LogP) is 1.85. The lowest BCUT2D eigenvalue weighted by Gasteiger charge is -2.23. The number of carbonyl (C=O) groups excluding carboxylic acids is 1. The largest absolute Gasteiger partial charge is 0.496 e. The van der Waals surface area contributed by atoms with Crippen LogP contribution in [0.5, 0.6) is 5.75 Å². The molecule has 1 heterocycles. The van der Waals surface area contributed by atoms with Crippen LogP contribution < -0.4 is 15.4 Å². The van der Waals surface area contributed by atoms with Crippen molar-refractivity contribution < 1.29 is 14.3 Å². The van der Waals surface area contributed by atoms with Gasteiger partial charge in [-0.3, -0.25) is 4.79 Å². The minimum absolute atomic E-state index is 0.205. The van der Waals surface area contributed by atoms with E-state index in [0.717, 1.165) is 25.9 Å². The minimum Gasteiger partial charge on any atom is -0.496 e. The third-order valence-electron chi connectivity index (χ3n) is 3.43. The standard InChI is InChI=1S/C15H21ClN2O3/c1-20-14-3-2-11(16)10-13(14)15(19)18-8-9-21-12-4-6-17-7-5-12/h2-3,10,12,17H,4-9H2,1H3,(H,18,19). The highest BCUT2D eigenvalue weighted by atomic mass is 35.5. The number of piperidine rings is 1. The quantitative estimate of drug-likeness (QED) is 0.787. The van der Waals surface area contributed by atoms with Gasteiger partial charge in [0.2, 0.25) is 0 Å². The Hall–Kier alpha value is -1.30. The summed E-state index contributed by atoms with van der Waals surface area (Å²) in [6.45, 7) is 2.98. The first-order valence-electron chi connectivity index (χ1n) is 7.15. The van der Waals surface area contributed by atoms with Crippen LogP contribution in [0.1, 0.15) is 23.2 Å². The van der Waals surface area contributed by atoms with Crippen molar-refractivity contribution in [3.8, 4) is 5.75 Å². The number of hydrogen-bond acceptors (Lipinski definition) is 4. The number of carbonyl (C=O) groups is 1. The first-order chi connectivity index (χ1) is 10.2. The molecule has 1 aliphatic rings. The Morgan fingerprint density at radius 2 is 2.19 bits per heavy atom. The van der Waals surface area contributed by atoms with E-state index in [-0.39, 0.29) is 5.91 Å². The van der Waals surface area contributed by atoms with Crippen molar-refractivity contribution in [2.45, 2.75) is 18.9 Å². The predicted molar refractivity (Wildman–Crippen MR) is 82.2 cm³/mol. The highest BCUT2D eigenvalue weighted by Crippen LogP contribution is 2.22. The average Bonchev–Trinajstić information content (AvgIpc) is 2.52. The van der Waals surface area contributed by atoms with Gasteiger partial charge in [-0.15, -0.1) is 0 Å². The zero-order chi connectivity index (χ0) is 15.1. The van der Waals surface area contributed by atoms with Gasteiger partial charge in [-0.05, 0) is 44.1 Å². The summed E-state index contributed by atoms with van der Waals surface area (Å²) in [4.78, 5) is 12.1. The smallest absolute Gasteiger partial charge is 0.255 e. The molecule has 0 bridgehead atoms. The van der Waals surface area contributed by atoms with E-state index in [0.29, 0.717) is 35.6 Å². The molecule has 0 atom stereocenters. The van der Waals surface area contributed by atoms with Crippen LogP contribution in [-0.2, 0) is 4.74 Å². The molecule has 0 unspecified atom stereocenters. The molecule has 0 spiro atoms. The number of rotatable bonds is 6. The lowest BCUT2D eigenvalue weighted by molar-refractivity contribution is 0.0343. The van der Waals surface area contributed by atoms with Crippen LogP contribution in [0, 0.1) is 0 Å². The summed E-state index contributed by atoms with van der Waals surface area (Å²) < 4.78 is 10.9. The molecule has 5 nitrogen and oxygen atoms in total. The van der Waals surface area contributed by atoms with Crippen LogP contribution in [0.4, 0.5) is 0 Å². The number of amides is 1. The first-order valence-corrected chi connectivity index (χ1v) is 7.52. The normalized spacial score (nSPS) is 15.7. The number of benzene rings is 1. The second-order valence-electron chi connectivity index (χ2n) is 4.92. The lowest BCUT2D eigenvalue weighted by Crippen LogP contribution is -2.34. The van der Waals surface area contributed by atoms with Crippen LogP contribution in [-0.4, -0.2) is 45.4 Å². The molecular formula is C15H21ClN2O3. The molecule has 0 aliphatic carbocycles. The number of halogens is 1. The van der Waals surface area contributed by atoms with E-state index in [2.05, 4.69) is 10.6 Å². The van der Waals surface area contributed by atoms with Gasteiger partial charge in [0, 0.05) is 11.6 Å². The second kappa shape index (κ2) is 8.22. The van der Waals surface area contributed by atoms with E-state index in [4.69, 9.17) is 21.1 Å². The third kappa shape index (κ3) is 4.88. The molecule has 1 amide bonds. The van der Waals surface area contributed by atoms with Crippen LogP contribution in [0.3, 0.4) is 0 Å². The monoisotopic (exact) mass is 312 g/mol. The fraction of sp³-hybridized carbons (Fsp3) is 0.533. The summed E-state index contributed by atoms with van der Waals surface area (Å²) in [7, 11) is 1.53. The van der Waals surface area contributed by atoms with E-state index in [1.165, 1.54) is 7.11 Å². The molecule has 0 radical (unpaired) electrons. The fourth-order valence-electron chi connectivity index (χ4n) is 2.31. The molecule has 1 aliphatic heterocycles. The van der Waals surface area contributed by atoms with Gasteiger partial charge in [0.25, 0.3) is 5.91 Å². The molecule has 1 saturated heterocycles. The summed E-state index contributed by atoms with van der Waals surface area (Å²) in [6.07, 6.45) is 2.34. The zero-order valence-electron chi connectivity index (χ0n) is 12.2. The molecule has 1 aromatic carbocycles. The lowest BCUT2D eigenvalue weighted by atomic mass is 10.1. The minimum atomic E-state index is -0.205.